The molecule has 2 rings (SSSR count). The standard InChI is InChI=1S/C16H16ClNO4S/c1-10-5-4-6-11(2)15(10)18-23(20,21)14-9-12(16(19)22-3)7-8-13(14)17/h4-9,18H,1-3H3. The molecular weight excluding hydrogens is 338 g/mol. The van der Waals surface area contributed by atoms with Crippen LogP contribution in [0.1, 0.15) is 21.5 Å². The maximum absolute atomic E-state index is 12.6. The quantitative estimate of drug-likeness (QED) is 0.853. The summed E-state index contributed by atoms with van der Waals surface area (Å²) < 4.78 is 32.4. The van der Waals surface area contributed by atoms with Crippen molar-refractivity contribution >= 4 is 33.3 Å². The molecule has 0 spiro atoms. The zero-order valence-corrected chi connectivity index (χ0v) is 14.5. The molecule has 2 aromatic rings. The van der Waals surface area contributed by atoms with Crippen LogP contribution in [-0.2, 0) is 14.8 Å². The van der Waals surface area contributed by atoms with Gasteiger partial charge in [0.2, 0.25) is 0 Å². The van der Waals surface area contributed by atoms with Crippen LogP contribution in [0.4, 0.5) is 5.69 Å². The molecule has 0 atom stereocenters. The summed E-state index contributed by atoms with van der Waals surface area (Å²) in [6.45, 7) is 3.61. The third-order valence-corrected chi connectivity index (χ3v) is 5.19. The summed E-state index contributed by atoms with van der Waals surface area (Å²) in [5.74, 6) is -0.634. The highest BCUT2D eigenvalue weighted by molar-refractivity contribution is 7.92. The summed E-state index contributed by atoms with van der Waals surface area (Å²) in [4.78, 5) is 11.4. The molecule has 23 heavy (non-hydrogen) atoms. The molecule has 0 unspecified atom stereocenters. The van der Waals surface area contributed by atoms with Gasteiger partial charge in [-0.2, -0.15) is 0 Å². The van der Waals surface area contributed by atoms with E-state index >= 15 is 0 Å². The van der Waals surface area contributed by atoms with Crippen molar-refractivity contribution in [1.82, 2.24) is 0 Å². The maximum atomic E-state index is 12.6. The molecule has 7 heteroatoms. The third-order valence-electron chi connectivity index (χ3n) is 3.36. The first-order valence-corrected chi connectivity index (χ1v) is 8.59. The fourth-order valence-electron chi connectivity index (χ4n) is 2.12. The number of anilines is 1. The van der Waals surface area contributed by atoms with Gasteiger partial charge in [-0.15, -0.1) is 0 Å². The minimum Gasteiger partial charge on any atom is -0.465 e. The second-order valence-corrected chi connectivity index (χ2v) is 7.07. The Kier molecular flexibility index (Phi) is 4.97. The first-order valence-electron chi connectivity index (χ1n) is 6.73. The van der Waals surface area contributed by atoms with E-state index < -0.39 is 16.0 Å². The van der Waals surface area contributed by atoms with Crippen LogP contribution in [0.5, 0.6) is 0 Å². The van der Waals surface area contributed by atoms with Gasteiger partial charge in [-0.1, -0.05) is 29.8 Å². The summed E-state index contributed by atoms with van der Waals surface area (Å²) in [7, 11) is -2.72. The normalized spacial score (nSPS) is 11.1. The van der Waals surface area contributed by atoms with Crippen molar-refractivity contribution < 1.29 is 17.9 Å². The predicted octanol–water partition coefficient (Wildman–Crippen LogP) is 3.54. The highest BCUT2D eigenvalue weighted by atomic mass is 35.5. The number of benzene rings is 2. The van der Waals surface area contributed by atoms with Gasteiger partial charge in [-0.25, -0.2) is 13.2 Å². The number of carbonyl (C=O) groups is 1. The van der Waals surface area contributed by atoms with E-state index in [-0.39, 0.29) is 15.5 Å². The summed E-state index contributed by atoms with van der Waals surface area (Å²) in [6.07, 6.45) is 0. The number of aryl methyl sites for hydroxylation is 2. The topological polar surface area (TPSA) is 72.5 Å². The average molecular weight is 354 g/mol. The van der Waals surface area contributed by atoms with Crippen molar-refractivity contribution in [3.05, 3.63) is 58.1 Å². The minimum absolute atomic E-state index is 0.0244. The number of nitrogens with one attached hydrogen (secondary N) is 1. The average Bonchev–Trinajstić information content (AvgIpc) is 2.50. The van der Waals surface area contributed by atoms with Crippen LogP contribution in [0.15, 0.2) is 41.3 Å². The Labute approximate surface area is 140 Å². The summed E-state index contributed by atoms with van der Waals surface area (Å²) in [5, 5.41) is 0.0244. The van der Waals surface area contributed by atoms with Crippen LogP contribution >= 0.6 is 11.6 Å². The molecule has 0 saturated carbocycles. The number of sulfonamides is 1. The molecule has 0 aliphatic rings. The third kappa shape index (κ3) is 3.65. The second kappa shape index (κ2) is 6.60. The Balaban J connectivity index is 2.50. The number of carbonyl (C=O) groups excluding carboxylic acids is 1. The molecule has 5 nitrogen and oxygen atoms in total. The van der Waals surface area contributed by atoms with Gasteiger partial charge in [-0.3, -0.25) is 4.72 Å². The lowest BCUT2D eigenvalue weighted by atomic mass is 10.1. The van der Waals surface area contributed by atoms with E-state index in [4.69, 9.17) is 11.6 Å². The van der Waals surface area contributed by atoms with Crippen molar-refractivity contribution in [2.75, 3.05) is 11.8 Å². The number of methoxy groups -OCH3 is 1. The first kappa shape index (κ1) is 17.3. The fraction of sp³-hybridized carbons (Fsp3) is 0.188. The van der Waals surface area contributed by atoms with Crippen molar-refractivity contribution in [3.63, 3.8) is 0 Å². The predicted molar refractivity (Wildman–Crippen MR) is 89.5 cm³/mol. The molecule has 0 aliphatic heterocycles. The summed E-state index contributed by atoms with van der Waals surface area (Å²) in [5.41, 5.74) is 2.17. The lowest BCUT2D eigenvalue weighted by molar-refractivity contribution is 0.0600. The Morgan fingerprint density at radius 2 is 1.74 bits per heavy atom. The van der Waals surface area contributed by atoms with Gasteiger partial charge in [0, 0.05) is 0 Å². The van der Waals surface area contributed by atoms with Gasteiger partial charge in [0.05, 0.1) is 23.4 Å². The molecular formula is C16H16ClNO4S. The number of halogens is 1. The lowest BCUT2D eigenvalue weighted by Gasteiger charge is -2.14. The Morgan fingerprint density at radius 1 is 1.13 bits per heavy atom. The summed E-state index contributed by atoms with van der Waals surface area (Å²) in [6, 6.07) is 9.41. The molecule has 1 N–H and O–H groups in total. The van der Waals surface area contributed by atoms with E-state index in [9.17, 15) is 13.2 Å². The van der Waals surface area contributed by atoms with E-state index in [1.54, 1.807) is 26.0 Å². The van der Waals surface area contributed by atoms with E-state index in [1.165, 1.54) is 25.3 Å². The molecule has 0 aliphatic carbocycles. The Bertz CT molecular complexity index is 842. The first-order chi connectivity index (χ1) is 10.8. The number of rotatable bonds is 4. The molecule has 0 amide bonds. The SMILES string of the molecule is COC(=O)c1ccc(Cl)c(S(=O)(=O)Nc2c(C)cccc2C)c1. The maximum Gasteiger partial charge on any atom is 0.337 e. The second-order valence-electron chi connectivity index (χ2n) is 5.01. The zero-order chi connectivity index (χ0) is 17.2. The molecule has 0 bridgehead atoms. The van der Waals surface area contributed by atoms with Gasteiger partial charge >= 0.3 is 5.97 Å². The van der Waals surface area contributed by atoms with E-state index in [0.717, 1.165) is 11.1 Å². The largest absolute Gasteiger partial charge is 0.465 e. The Morgan fingerprint density at radius 3 is 2.30 bits per heavy atom. The molecule has 2 aromatic carbocycles. The fourth-order valence-corrected chi connectivity index (χ4v) is 3.85. The molecule has 0 saturated heterocycles. The van der Waals surface area contributed by atoms with Gasteiger partial charge in [0.15, 0.2) is 0 Å². The molecule has 0 radical (unpaired) electrons. The van der Waals surface area contributed by atoms with Crippen LogP contribution in [-0.4, -0.2) is 21.5 Å². The number of para-hydroxylation sites is 1. The van der Waals surface area contributed by atoms with Crippen LogP contribution in [0.2, 0.25) is 5.02 Å². The smallest absolute Gasteiger partial charge is 0.337 e. The molecule has 0 fully saturated rings. The molecule has 0 heterocycles. The number of hydrogen-bond acceptors (Lipinski definition) is 4. The highest BCUT2D eigenvalue weighted by Gasteiger charge is 2.22. The van der Waals surface area contributed by atoms with Crippen LogP contribution in [0.3, 0.4) is 0 Å². The van der Waals surface area contributed by atoms with E-state index in [1.807, 2.05) is 6.07 Å². The van der Waals surface area contributed by atoms with Gasteiger partial charge in [0.1, 0.15) is 4.90 Å². The van der Waals surface area contributed by atoms with Crippen LogP contribution < -0.4 is 4.72 Å². The highest BCUT2D eigenvalue weighted by Crippen LogP contribution is 2.28. The van der Waals surface area contributed by atoms with Crippen molar-refractivity contribution in [2.45, 2.75) is 18.7 Å². The molecule has 0 aromatic heterocycles. The zero-order valence-electron chi connectivity index (χ0n) is 12.9. The summed E-state index contributed by atoms with van der Waals surface area (Å²) >= 11 is 6.00. The Hall–Kier alpha value is -2.05. The van der Waals surface area contributed by atoms with Gasteiger partial charge in [-0.05, 0) is 43.2 Å². The van der Waals surface area contributed by atoms with E-state index in [0.29, 0.717) is 5.69 Å². The van der Waals surface area contributed by atoms with Gasteiger partial charge < -0.3 is 4.74 Å². The van der Waals surface area contributed by atoms with Crippen molar-refractivity contribution in [1.29, 1.82) is 0 Å². The number of esters is 1. The monoisotopic (exact) mass is 353 g/mol. The van der Waals surface area contributed by atoms with Gasteiger partial charge in [0.25, 0.3) is 10.0 Å². The van der Waals surface area contributed by atoms with Crippen LogP contribution in [0, 0.1) is 13.8 Å². The van der Waals surface area contributed by atoms with E-state index in [2.05, 4.69) is 9.46 Å². The number of hydrogen-bond donors (Lipinski definition) is 1. The number of ether oxygens (including phenoxy) is 1. The lowest BCUT2D eigenvalue weighted by Crippen LogP contribution is -2.16. The van der Waals surface area contributed by atoms with Crippen LogP contribution in [0.25, 0.3) is 0 Å². The van der Waals surface area contributed by atoms with Crippen molar-refractivity contribution in [2.24, 2.45) is 0 Å². The minimum atomic E-state index is -3.94. The molecule has 122 valence electrons. The van der Waals surface area contributed by atoms with Crippen molar-refractivity contribution in [3.8, 4) is 0 Å².